The van der Waals surface area contributed by atoms with Crippen LogP contribution in [-0.2, 0) is 13.6 Å². The van der Waals surface area contributed by atoms with E-state index in [0.29, 0.717) is 0 Å². The number of para-hydroxylation sites is 1. The topological polar surface area (TPSA) is 52.7 Å². The molecule has 0 radical (unpaired) electrons. The molecule has 102 valence electrons. The highest BCUT2D eigenvalue weighted by Crippen LogP contribution is 2.19. The van der Waals surface area contributed by atoms with Crippen LogP contribution >= 0.6 is 23.2 Å². The van der Waals surface area contributed by atoms with Crippen LogP contribution in [0.15, 0.2) is 35.3 Å². The van der Waals surface area contributed by atoms with Crippen molar-refractivity contribution in [3.8, 4) is 0 Å². The average Bonchev–Trinajstić information content (AvgIpc) is 2.77. The van der Waals surface area contributed by atoms with E-state index in [1.807, 2.05) is 31.3 Å². The molecule has 2 heterocycles. The molecule has 0 N–H and O–H groups in total. The molecule has 0 amide bonds. The third kappa shape index (κ3) is 2.09. The summed E-state index contributed by atoms with van der Waals surface area (Å²) in [5.41, 5.74) is 1.33. The van der Waals surface area contributed by atoms with Crippen LogP contribution in [0.3, 0.4) is 0 Å². The Morgan fingerprint density at radius 3 is 2.80 bits per heavy atom. The second kappa shape index (κ2) is 4.92. The van der Waals surface area contributed by atoms with E-state index in [1.54, 1.807) is 4.68 Å². The molecule has 0 unspecified atom stereocenters. The van der Waals surface area contributed by atoms with Gasteiger partial charge in [-0.05, 0) is 6.07 Å². The van der Waals surface area contributed by atoms with Crippen LogP contribution in [0.25, 0.3) is 10.9 Å². The van der Waals surface area contributed by atoms with Crippen LogP contribution in [-0.4, -0.2) is 19.6 Å². The van der Waals surface area contributed by atoms with Gasteiger partial charge >= 0.3 is 0 Å². The lowest BCUT2D eigenvalue weighted by Gasteiger charge is -2.03. The summed E-state index contributed by atoms with van der Waals surface area (Å²) in [5, 5.41) is 9.51. The third-order valence-corrected chi connectivity index (χ3v) is 3.82. The van der Waals surface area contributed by atoms with Gasteiger partial charge in [-0.1, -0.05) is 41.4 Å². The molecule has 5 nitrogen and oxygen atoms in total. The van der Waals surface area contributed by atoms with E-state index in [9.17, 15) is 4.79 Å². The van der Waals surface area contributed by atoms with E-state index >= 15 is 0 Å². The molecule has 0 aliphatic carbocycles. The SMILES string of the molecule is Cn1nc(Cn2ncc(Cl)c(Cl)c2=O)c2ccccc21. The van der Waals surface area contributed by atoms with Crippen LogP contribution in [0, 0.1) is 0 Å². The molecule has 20 heavy (non-hydrogen) atoms. The first-order valence-corrected chi connectivity index (χ1v) is 6.65. The maximum atomic E-state index is 12.0. The van der Waals surface area contributed by atoms with Crippen LogP contribution in [0.2, 0.25) is 10.0 Å². The first kappa shape index (κ1) is 13.1. The highest BCUT2D eigenvalue weighted by Gasteiger charge is 2.12. The highest BCUT2D eigenvalue weighted by atomic mass is 35.5. The lowest BCUT2D eigenvalue weighted by atomic mass is 10.2. The largest absolute Gasteiger partial charge is 0.287 e. The Balaban J connectivity index is 2.11. The van der Waals surface area contributed by atoms with Gasteiger partial charge in [0.1, 0.15) is 5.02 Å². The van der Waals surface area contributed by atoms with Gasteiger partial charge in [-0.15, -0.1) is 0 Å². The second-order valence-corrected chi connectivity index (χ2v) is 5.14. The molecule has 3 rings (SSSR count). The van der Waals surface area contributed by atoms with Crippen LogP contribution in [0.1, 0.15) is 5.69 Å². The number of nitrogens with zero attached hydrogens (tertiary/aromatic N) is 4. The van der Waals surface area contributed by atoms with Gasteiger partial charge in [0.05, 0.1) is 29.0 Å². The maximum absolute atomic E-state index is 12.0. The summed E-state index contributed by atoms with van der Waals surface area (Å²) in [5.74, 6) is 0. The minimum Gasteiger partial charge on any atom is -0.268 e. The first-order chi connectivity index (χ1) is 9.58. The molecule has 0 atom stereocenters. The van der Waals surface area contributed by atoms with Crippen molar-refractivity contribution < 1.29 is 0 Å². The summed E-state index contributed by atoms with van der Waals surface area (Å²) in [6, 6.07) is 7.80. The van der Waals surface area contributed by atoms with Gasteiger partial charge in [0, 0.05) is 12.4 Å². The van der Waals surface area contributed by atoms with Crippen molar-refractivity contribution in [1.29, 1.82) is 0 Å². The predicted octanol–water partition coefficient (Wildman–Crippen LogP) is 2.49. The fourth-order valence-corrected chi connectivity index (χ4v) is 2.38. The van der Waals surface area contributed by atoms with E-state index in [-0.39, 0.29) is 16.6 Å². The predicted molar refractivity (Wildman–Crippen MR) is 78.3 cm³/mol. The number of rotatable bonds is 2. The van der Waals surface area contributed by atoms with Crippen LogP contribution < -0.4 is 5.56 Å². The highest BCUT2D eigenvalue weighted by molar-refractivity contribution is 6.41. The number of fused-ring (bicyclic) bond motifs is 1. The van der Waals surface area contributed by atoms with Crippen molar-refractivity contribution in [3.63, 3.8) is 0 Å². The van der Waals surface area contributed by atoms with Gasteiger partial charge in [-0.25, -0.2) is 4.68 Å². The molecule has 0 saturated carbocycles. The molecule has 0 spiro atoms. The lowest BCUT2D eigenvalue weighted by molar-refractivity contribution is 0.618. The number of benzene rings is 1. The van der Waals surface area contributed by atoms with Crippen molar-refractivity contribution in [2.24, 2.45) is 7.05 Å². The number of aromatic nitrogens is 4. The van der Waals surface area contributed by atoms with Gasteiger partial charge < -0.3 is 0 Å². The van der Waals surface area contributed by atoms with Crippen molar-refractivity contribution in [3.05, 3.63) is 56.6 Å². The minimum atomic E-state index is -0.422. The van der Waals surface area contributed by atoms with E-state index in [2.05, 4.69) is 10.2 Å². The molecule has 2 aromatic heterocycles. The van der Waals surface area contributed by atoms with Gasteiger partial charge in [0.25, 0.3) is 5.56 Å². The lowest BCUT2D eigenvalue weighted by Crippen LogP contribution is -2.24. The molecule has 0 saturated heterocycles. The fraction of sp³-hybridized carbons (Fsp3) is 0.154. The monoisotopic (exact) mass is 308 g/mol. The Hall–Kier alpha value is -1.85. The Morgan fingerprint density at radius 1 is 1.25 bits per heavy atom. The summed E-state index contributed by atoms with van der Waals surface area (Å²) >= 11 is 11.6. The summed E-state index contributed by atoms with van der Waals surface area (Å²) in [7, 11) is 1.86. The summed E-state index contributed by atoms with van der Waals surface area (Å²) < 4.78 is 3.02. The zero-order valence-electron chi connectivity index (χ0n) is 10.5. The van der Waals surface area contributed by atoms with Gasteiger partial charge in [-0.2, -0.15) is 10.2 Å². The van der Waals surface area contributed by atoms with Gasteiger partial charge in [0.2, 0.25) is 0 Å². The second-order valence-electron chi connectivity index (χ2n) is 4.36. The summed E-state index contributed by atoms with van der Waals surface area (Å²) in [6.07, 6.45) is 1.36. The minimum absolute atomic E-state index is 0.0260. The van der Waals surface area contributed by atoms with Crippen LogP contribution in [0.4, 0.5) is 0 Å². The van der Waals surface area contributed by atoms with E-state index < -0.39 is 5.56 Å². The fourth-order valence-electron chi connectivity index (χ4n) is 2.10. The first-order valence-electron chi connectivity index (χ1n) is 5.89. The molecule has 1 aromatic carbocycles. The zero-order chi connectivity index (χ0) is 14.3. The molecule has 0 aliphatic heterocycles. The zero-order valence-corrected chi connectivity index (χ0v) is 12.1. The smallest absolute Gasteiger partial charge is 0.268 e. The molecule has 7 heteroatoms. The molecular formula is C13H10Cl2N4O. The normalized spacial score (nSPS) is 11.2. The molecular weight excluding hydrogens is 299 g/mol. The summed E-state index contributed by atoms with van der Waals surface area (Å²) in [6.45, 7) is 0.247. The molecule has 0 fully saturated rings. The van der Waals surface area contributed by atoms with Gasteiger partial charge in [0.15, 0.2) is 0 Å². The van der Waals surface area contributed by atoms with E-state index in [4.69, 9.17) is 23.2 Å². The van der Waals surface area contributed by atoms with E-state index in [1.165, 1.54) is 10.9 Å². The number of aryl methyl sites for hydroxylation is 1. The van der Waals surface area contributed by atoms with Crippen molar-refractivity contribution in [1.82, 2.24) is 19.6 Å². The van der Waals surface area contributed by atoms with E-state index in [0.717, 1.165) is 16.6 Å². The average molecular weight is 309 g/mol. The molecule has 3 aromatic rings. The Kier molecular flexibility index (Phi) is 3.23. The number of hydrogen-bond acceptors (Lipinski definition) is 3. The maximum Gasteiger partial charge on any atom is 0.287 e. The standard InChI is InChI=1S/C13H10Cl2N4O/c1-18-11-5-3-2-4-8(11)10(17-18)7-19-13(20)12(15)9(14)6-16-19/h2-6H,7H2,1H3. The third-order valence-electron chi connectivity index (χ3n) is 3.08. The Bertz CT molecular complexity index is 853. The van der Waals surface area contributed by atoms with Crippen molar-refractivity contribution >= 4 is 34.1 Å². The summed E-state index contributed by atoms with van der Waals surface area (Å²) in [4.78, 5) is 12.0. The van der Waals surface area contributed by atoms with Crippen molar-refractivity contribution in [2.45, 2.75) is 6.54 Å². The van der Waals surface area contributed by atoms with Gasteiger partial charge in [-0.3, -0.25) is 9.48 Å². The number of hydrogen-bond donors (Lipinski definition) is 0. The molecule has 0 bridgehead atoms. The molecule has 0 aliphatic rings. The number of halogens is 2. The Morgan fingerprint density at radius 2 is 2.00 bits per heavy atom. The quantitative estimate of drug-likeness (QED) is 0.731. The van der Waals surface area contributed by atoms with Crippen LogP contribution in [0.5, 0.6) is 0 Å². The van der Waals surface area contributed by atoms with Crippen molar-refractivity contribution in [2.75, 3.05) is 0 Å². The Labute approximate surface area is 124 Å².